The SMILES string of the molecule is CCn1c(=O)c2[nH]c(C=Cc3cc(OC)cc(OC)c3)nc2n(CC)c1=O. The lowest BCUT2D eigenvalue weighted by atomic mass is 10.2. The van der Waals surface area contributed by atoms with E-state index in [1.54, 1.807) is 33.3 Å². The molecule has 0 atom stereocenters. The van der Waals surface area contributed by atoms with Gasteiger partial charge in [-0.05, 0) is 37.6 Å². The van der Waals surface area contributed by atoms with Crippen molar-refractivity contribution in [2.45, 2.75) is 26.9 Å². The molecule has 3 rings (SSSR count). The molecule has 2 heterocycles. The Morgan fingerprint density at radius 2 is 1.63 bits per heavy atom. The first-order valence-corrected chi connectivity index (χ1v) is 8.66. The Balaban J connectivity index is 2.09. The maximum absolute atomic E-state index is 12.5. The van der Waals surface area contributed by atoms with E-state index < -0.39 is 0 Å². The summed E-state index contributed by atoms with van der Waals surface area (Å²) in [6.45, 7) is 4.35. The Labute approximate surface area is 155 Å². The Morgan fingerprint density at radius 3 is 2.19 bits per heavy atom. The Morgan fingerprint density at radius 1 is 1.00 bits per heavy atom. The number of rotatable bonds is 6. The number of benzene rings is 1. The van der Waals surface area contributed by atoms with Gasteiger partial charge in [0.25, 0.3) is 5.56 Å². The number of hydrogen-bond donors (Lipinski definition) is 1. The van der Waals surface area contributed by atoms with E-state index in [1.165, 1.54) is 9.13 Å². The summed E-state index contributed by atoms with van der Waals surface area (Å²) in [6.07, 6.45) is 3.57. The molecule has 8 heteroatoms. The predicted octanol–water partition coefficient (Wildman–Crippen LogP) is 2.11. The van der Waals surface area contributed by atoms with Gasteiger partial charge in [0.1, 0.15) is 22.8 Å². The third-order valence-electron chi connectivity index (χ3n) is 4.32. The summed E-state index contributed by atoms with van der Waals surface area (Å²) in [6, 6.07) is 5.49. The number of methoxy groups -OCH3 is 2. The van der Waals surface area contributed by atoms with E-state index in [9.17, 15) is 9.59 Å². The monoisotopic (exact) mass is 370 g/mol. The number of imidazole rings is 1. The number of aromatic amines is 1. The average Bonchev–Trinajstić information content (AvgIpc) is 3.11. The second kappa shape index (κ2) is 7.53. The van der Waals surface area contributed by atoms with Crippen molar-refractivity contribution < 1.29 is 9.47 Å². The highest BCUT2D eigenvalue weighted by molar-refractivity contribution is 5.76. The molecule has 1 N–H and O–H groups in total. The quantitative estimate of drug-likeness (QED) is 0.718. The molecule has 0 saturated heterocycles. The van der Waals surface area contributed by atoms with E-state index in [0.717, 1.165) is 5.56 Å². The number of nitrogens with zero attached hydrogens (tertiary/aromatic N) is 3. The second-order valence-corrected chi connectivity index (χ2v) is 5.88. The van der Waals surface area contributed by atoms with Gasteiger partial charge in [-0.15, -0.1) is 0 Å². The minimum atomic E-state index is -0.364. The van der Waals surface area contributed by atoms with E-state index >= 15 is 0 Å². The normalized spacial score (nSPS) is 11.4. The highest BCUT2D eigenvalue weighted by Crippen LogP contribution is 2.23. The maximum Gasteiger partial charge on any atom is 0.332 e. The van der Waals surface area contributed by atoms with Crippen LogP contribution in [-0.4, -0.2) is 33.3 Å². The van der Waals surface area contributed by atoms with Crippen LogP contribution in [0.4, 0.5) is 0 Å². The first-order valence-electron chi connectivity index (χ1n) is 8.66. The molecule has 1 aromatic carbocycles. The minimum absolute atomic E-state index is 0.307. The molecule has 2 aromatic heterocycles. The molecule has 0 spiro atoms. The summed E-state index contributed by atoms with van der Waals surface area (Å²) in [7, 11) is 3.18. The van der Waals surface area contributed by atoms with Crippen LogP contribution in [0, 0.1) is 0 Å². The molecule has 0 radical (unpaired) electrons. The second-order valence-electron chi connectivity index (χ2n) is 5.88. The van der Waals surface area contributed by atoms with E-state index in [1.807, 2.05) is 25.1 Å². The molecule has 142 valence electrons. The van der Waals surface area contributed by atoms with Crippen LogP contribution in [0.15, 0.2) is 27.8 Å². The Kier molecular flexibility index (Phi) is 5.16. The van der Waals surface area contributed by atoms with Crippen LogP contribution in [0.5, 0.6) is 11.5 Å². The molecule has 0 bridgehead atoms. The van der Waals surface area contributed by atoms with Crippen LogP contribution in [0.1, 0.15) is 25.2 Å². The van der Waals surface area contributed by atoms with Gasteiger partial charge in [-0.1, -0.05) is 6.08 Å². The molecule has 0 unspecified atom stereocenters. The van der Waals surface area contributed by atoms with Crippen molar-refractivity contribution in [3.63, 3.8) is 0 Å². The first-order chi connectivity index (χ1) is 13.0. The van der Waals surface area contributed by atoms with Crippen molar-refractivity contribution in [3.8, 4) is 11.5 Å². The standard InChI is InChI=1S/C19H22N4O4/c1-5-22-17-16(18(24)23(6-2)19(22)25)20-15(21-17)8-7-12-9-13(26-3)11-14(10-12)27-4/h7-11H,5-6H2,1-4H3,(H,20,21). The van der Waals surface area contributed by atoms with Crippen LogP contribution < -0.4 is 20.7 Å². The van der Waals surface area contributed by atoms with Gasteiger partial charge in [0.15, 0.2) is 5.65 Å². The lowest BCUT2D eigenvalue weighted by Gasteiger charge is -2.06. The molecular formula is C19H22N4O4. The number of aryl methyl sites for hydroxylation is 1. The van der Waals surface area contributed by atoms with Crippen molar-refractivity contribution in [3.05, 3.63) is 50.4 Å². The first kappa shape index (κ1) is 18.5. The fourth-order valence-electron chi connectivity index (χ4n) is 2.93. The van der Waals surface area contributed by atoms with Crippen molar-refractivity contribution in [1.82, 2.24) is 19.1 Å². The highest BCUT2D eigenvalue weighted by atomic mass is 16.5. The van der Waals surface area contributed by atoms with E-state index in [-0.39, 0.29) is 11.2 Å². The molecule has 0 saturated carbocycles. The van der Waals surface area contributed by atoms with E-state index in [4.69, 9.17) is 9.47 Å². The molecule has 8 nitrogen and oxygen atoms in total. The van der Waals surface area contributed by atoms with Crippen LogP contribution in [0.2, 0.25) is 0 Å². The van der Waals surface area contributed by atoms with Crippen LogP contribution in [0.25, 0.3) is 23.3 Å². The number of H-pyrrole nitrogens is 1. The summed E-state index contributed by atoms with van der Waals surface area (Å²) >= 11 is 0. The van der Waals surface area contributed by atoms with Crippen molar-refractivity contribution >= 4 is 23.3 Å². The molecule has 3 aromatic rings. The van der Waals surface area contributed by atoms with E-state index in [2.05, 4.69) is 9.97 Å². The molecule has 27 heavy (non-hydrogen) atoms. The molecule has 0 amide bonds. The van der Waals surface area contributed by atoms with E-state index in [0.29, 0.717) is 41.6 Å². The van der Waals surface area contributed by atoms with Crippen LogP contribution >= 0.6 is 0 Å². The van der Waals surface area contributed by atoms with Crippen molar-refractivity contribution in [1.29, 1.82) is 0 Å². The van der Waals surface area contributed by atoms with Gasteiger partial charge in [-0.2, -0.15) is 0 Å². The lowest BCUT2D eigenvalue weighted by molar-refractivity contribution is 0.394. The summed E-state index contributed by atoms with van der Waals surface area (Å²) in [4.78, 5) is 32.4. The smallest absolute Gasteiger partial charge is 0.332 e. The van der Waals surface area contributed by atoms with Gasteiger partial charge < -0.3 is 14.5 Å². The zero-order valence-corrected chi connectivity index (χ0v) is 15.8. The number of fused-ring (bicyclic) bond motifs is 1. The molecular weight excluding hydrogens is 348 g/mol. The zero-order valence-electron chi connectivity index (χ0n) is 15.8. The molecule has 0 fully saturated rings. The molecule has 0 aliphatic rings. The molecule has 0 aliphatic heterocycles. The minimum Gasteiger partial charge on any atom is -0.497 e. The van der Waals surface area contributed by atoms with Gasteiger partial charge in [0, 0.05) is 19.2 Å². The molecule has 0 aliphatic carbocycles. The lowest BCUT2D eigenvalue weighted by Crippen LogP contribution is -2.39. The highest BCUT2D eigenvalue weighted by Gasteiger charge is 2.14. The largest absolute Gasteiger partial charge is 0.497 e. The number of ether oxygens (including phenoxy) is 2. The maximum atomic E-state index is 12.5. The van der Waals surface area contributed by atoms with Crippen LogP contribution in [-0.2, 0) is 13.1 Å². The van der Waals surface area contributed by atoms with Crippen molar-refractivity contribution in [2.75, 3.05) is 14.2 Å². The van der Waals surface area contributed by atoms with Gasteiger partial charge in [0.05, 0.1) is 14.2 Å². The van der Waals surface area contributed by atoms with Crippen LogP contribution in [0.3, 0.4) is 0 Å². The Bertz CT molecular complexity index is 1100. The zero-order chi connectivity index (χ0) is 19.6. The number of nitrogens with one attached hydrogen (secondary N) is 1. The fraction of sp³-hybridized carbons (Fsp3) is 0.316. The third kappa shape index (κ3) is 3.38. The Hall–Kier alpha value is -3.29. The summed E-state index contributed by atoms with van der Waals surface area (Å²) in [5.74, 6) is 1.83. The van der Waals surface area contributed by atoms with Gasteiger partial charge in [0.2, 0.25) is 0 Å². The third-order valence-corrected chi connectivity index (χ3v) is 4.32. The van der Waals surface area contributed by atoms with Gasteiger partial charge in [-0.25, -0.2) is 9.78 Å². The fourth-order valence-corrected chi connectivity index (χ4v) is 2.93. The predicted molar refractivity (Wildman–Crippen MR) is 104 cm³/mol. The number of aromatic nitrogens is 4. The van der Waals surface area contributed by atoms with Gasteiger partial charge >= 0.3 is 5.69 Å². The number of hydrogen-bond acceptors (Lipinski definition) is 5. The summed E-state index contributed by atoms with van der Waals surface area (Å²) in [5.41, 5.74) is 0.821. The van der Waals surface area contributed by atoms with Crippen molar-refractivity contribution in [2.24, 2.45) is 0 Å². The average molecular weight is 370 g/mol. The topological polar surface area (TPSA) is 91.1 Å². The summed E-state index contributed by atoms with van der Waals surface area (Å²) in [5, 5.41) is 0. The van der Waals surface area contributed by atoms with Gasteiger partial charge in [-0.3, -0.25) is 13.9 Å². The summed E-state index contributed by atoms with van der Waals surface area (Å²) < 4.78 is 13.2.